The number of nitrogens with zero attached hydrogens (tertiary/aromatic N) is 2. The first kappa shape index (κ1) is 34.4. The number of anilines is 1. The maximum Gasteiger partial charge on any atom is 0.102 e. The third kappa shape index (κ3) is 11.6. The summed E-state index contributed by atoms with van der Waals surface area (Å²) in [6.07, 6.45) is 9.99. The van der Waals surface area contributed by atoms with Crippen molar-refractivity contribution in [2.45, 2.75) is 97.1 Å². The van der Waals surface area contributed by atoms with Crippen molar-refractivity contribution in [1.29, 1.82) is 0 Å². The zero-order valence-corrected chi connectivity index (χ0v) is 26.1. The molecule has 218 valence electrons. The van der Waals surface area contributed by atoms with Crippen LogP contribution in [0.15, 0.2) is 42.4 Å². The van der Waals surface area contributed by atoms with Crippen molar-refractivity contribution in [2.75, 3.05) is 38.7 Å². The van der Waals surface area contributed by atoms with Crippen LogP contribution in [-0.4, -0.2) is 61.4 Å². The van der Waals surface area contributed by atoms with Gasteiger partial charge in [-0.15, -0.1) is 12.6 Å². The van der Waals surface area contributed by atoms with Crippen molar-refractivity contribution in [3.05, 3.63) is 53.5 Å². The lowest BCUT2D eigenvalue weighted by molar-refractivity contribution is -0.0280. The molecule has 0 aromatic heterocycles. The Morgan fingerprint density at radius 2 is 1.92 bits per heavy atom. The van der Waals surface area contributed by atoms with Crippen LogP contribution in [0.1, 0.15) is 84.3 Å². The summed E-state index contributed by atoms with van der Waals surface area (Å²) in [5.74, 6) is 0.559. The highest BCUT2D eigenvalue weighted by Crippen LogP contribution is 2.36. The van der Waals surface area contributed by atoms with E-state index in [9.17, 15) is 0 Å². The lowest BCUT2D eigenvalue weighted by Gasteiger charge is -2.37. The average molecular weight is 549 g/mol. The third-order valence-electron chi connectivity index (χ3n) is 7.14. The highest BCUT2D eigenvalue weighted by Gasteiger charge is 2.28. The number of hydrogen-bond acceptors (Lipinski definition) is 7. The molecule has 1 aliphatic carbocycles. The molecule has 7 heteroatoms. The predicted molar refractivity (Wildman–Crippen MR) is 168 cm³/mol. The Balaban J connectivity index is 0.000000811. The number of fused-ring (bicyclic) bond motifs is 1. The second kappa shape index (κ2) is 18.6. The second-order valence-electron chi connectivity index (χ2n) is 10.3. The predicted octanol–water partition coefficient (Wildman–Crippen LogP) is 5.91. The number of hydrogen-bond donors (Lipinski definition) is 4. The minimum absolute atomic E-state index is 0.0411. The number of aliphatic hydroxyl groups excluding tert-OH is 1. The lowest BCUT2D eigenvalue weighted by atomic mass is 10.0. The number of aliphatic hydroxyl groups is 1. The van der Waals surface area contributed by atoms with E-state index < -0.39 is 0 Å². The molecular formula is C31H56N4O2S. The van der Waals surface area contributed by atoms with Crippen molar-refractivity contribution in [3.8, 4) is 0 Å². The van der Waals surface area contributed by atoms with Crippen LogP contribution in [0.4, 0.5) is 5.69 Å². The van der Waals surface area contributed by atoms with E-state index in [2.05, 4.69) is 80.3 Å². The molecule has 38 heavy (non-hydrogen) atoms. The molecule has 4 rings (SSSR count). The maximum atomic E-state index is 7.00. The molecule has 2 aliphatic heterocycles. The Bertz CT molecular complexity index is 835. The summed E-state index contributed by atoms with van der Waals surface area (Å²) in [4.78, 5) is 4.77. The highest BCUT2D eigenvalue weighted by molar-refractivity contribution is 7.80. The minimum atomic E-state index is 0.0411. The fourth-order valence-electron chi connectivity index (χ4n) is 4.74. The van der Waals surface area contributed by atoms with Gasteiger partial charge in [-0.25, -0.2) is 0 Å². The molecule has 0 amide bonds. The first-order chi connectivity index (χ1) is 18.3. The van der Waals surface area contributed by atoms with Crippen LogP contribution in [-0.2, 0) is 11.2 Å². The molecule has 0 spiro atoms. The van der Waals surface area contributed by atoms with Crippen LogP contribution in [0, 0.1) is 5.92 Å². The van der Waals surface area contributed by atoms with Crippen molar-refractivity contribution >= 4 is 18.3 Å². The van der Waals surface area contributed by atoms with Gasteiger partial charge in [-0.1, -0.05) is 53.2 Å². The number of allylic oxidation sites excluding steroid dienone is 1. The fraction of sp³-hybridized carbons (Fsp3) is 0.677. The van der Waals surface area contributed by atoms with Crippen LogP contribution >= 0.6 is 12.6 Å². The summed E-state index contributed by atoms with van der Waals surface area (Å²) in [5, 5.41) is 10.5. The largest absolute Gasteiger partial charge is 0.401 e. The second-order valence-corrected chi connectivity index (χ2v) is 10.8. The van der Waals surface area contributed by atoms with Crippen molar-refractivity contribution in [3.63, 3.8) is 0 Å². The van der Waals surface area contributed by atoms with Gasteiger partial charge in [0.25, 0.3) is 0 Å². The molecule has 4 N–H and O–H groups in total. The topological polar surface area (TPSA) is 74.0 Å². The maximum absolute atomic E-state index is 7.00. The van der Waals surface area contributed by atoms with Gasteiger partial charge in [0, 0.05) is 62.5 Å². The van der Waals surface area contributed by atoms with E-state index in [1.165, 1.54) is 35.4 Å². The minimum Gasteiger partial charge on any atom is -0.401 e. The summed E-state index contributed by atoms with van der Waals surface area (Å²) < 4.78 is 5.73. The smallest absolute Gasteiger partial charge is 0.102 e. The number of rotatable bonds is 9. The molecule has 0 bridgehead atoms. The van der Waals surface area contributed by atoms with Crippen molar-refractivity contribution in [2.24, 2.45) is 11.7 Å². The molecule has 4 unspecified atom stereocenters. The fourth-order valence-corrected chi connectivity index (χ4v) is 5.19. The van der Waals surface area contributed by atoms with Gasteiger partial charge >= 0.3 is 0 Å². The van der Waals surface area contributed by atoms with Gasteiger partial charge in [-0.05, 0) is 68.8 Å². The van der Waals surface area contributed by atoms with Crippen molar-refractivity contribution in [1.82, 2.24) is 10.2 Å². The molecule has 0 radical (unpaired) electrons. The van der Waals surface area contributed by atoms with E-state index in [1.807, 2.05) is 20.0 Å². The first-order valence-electron chi connectivity index (χ1n) is 14.5. The van der Waals surface area contributed by atoms with Gasteiger partial charge in [0.2, 0.25) is 0 Å². The molecule has 6 nitrogen and oxygen atoms in total. The van der Waals surface area contributed by atoms with Crippen LogP contribution in [0.25, 0.3) is 0 Å². The monoisotopic (exact) mass is 548 g/mol. The third-order valence-corrected chi connectivity index (χ3v) is 7.47. The van der Waals surface area contributed by atoms with E-state index in [-0.39, 0.29) is 11.5 Å². The average Bonchev–Trinajstić information content (AvgIpc) is 3.61. The number of ether oxygens (including phenoxy) is 1. The van der Waals surface area contributed by atoms with Gasteiger partial charge in [-0.2, -0.15) is 0 Å². The van der Waals surface area contributed by atoms with Crippen LogP contribution in [0.2, 0.25) is 0 Å². The zero-order valence-electron chi connectivity index (χ0n) is 25.2. The van der Waals surface area contributed by atoms with Crippen molar-refractivity contribution < 1.29 is 9.84 Å². The summed E-state index contributed by atoms with van der Waals surface area (Å²) in [6, 6.07) is 7.32. The molecule has 2 saturated heterocycles. The highest BCUT2D eigenvalue weighted by atomic mass is 32.1. The SMILES string of the molecule is C=C1CC(CN/C=C(\N)CCN(C)C2CC(C)OC(S)C2)CN1c1ccc2c(c1)C2.CC.CCCC.CO. The first-order valence-corrected chi connectivity index (χ1v) is 15.1. The number of unbranched alkanes of at least 4 members (excludes halogenated alkanes) is 1. The standard InChI is InChI=1S/C24H36N4OS.C4H10.C2H6.CH4O/c1-16-8-18(15-28(16)22-5-4-19-10-20(19)11-22)13-26-14-21(25)6-7-27(3)23-9-17(2)29-24(30)12-23;1-3-4-2;2*1-2/h4-5,11,14,17-18,23-24,26,30H,1,6-10,12-13,15,25H2,2-3H3;3-4H2,1-2H3;1-2H3;2H,1H3/b21-14-;;;. The molecule has 2 heterocycles. The Morgan fingerprint density at radius 3 is 2.53 bits per heavy atom. The normalized spacial score (nSPS) is 23.8. The Kier molecular flexibility index (Phi) is 16.8. The van der Waals surface area contributed by atoms with Gasteiger partial charge in [-0.3, -0.25) is 0 Å². The van der Waals surface area contributed by atoms with E-state index >= 15 is 0 Å². The van der Waals surface area contributed by atoms with E-state index in [1.54, 1.807) is 0 Å². The summed E-state index contributed by atoms with van der Waals surface area (Å²) in [5.41, 5.74) is 12.7. The number of nitrogens with two attached hydrogens (primary N) is 1. The molecule has 1 aromatic carbocycles. The molecule has 1 aromatic rings. The Labute approximate surface area is 239 Å². The summed E-state index contributed by atoms with van der Waals surface area (Å²) in [7, 11) is 3.18. The quantitative estimate of drug-likeness (QED) is 0.292. The number of benzene rings is 1. The van der Waals surface area contributed by atoms with Crippen LogP contribution in [0.3, 0.4) is 0 Å². The summed E-state index contributed by atoms with van der Waals surface area (Å²) >= 11 is 4.51. The zero-order chi connectivity index (χ0) is 28.7. The Hall–Kier alpha value is -1.67. The lowest BCUT2D eigenvalue weighted by Crippen LogP contribution is -2.42. The van der Waals surface area contributed by atoms with Gasteiger partial charge in [0.1, 0.15) is 5.44 Å². The molecule has 0 saturated carbocycles. The Morgan fingerprint density at radius 1 is 1.24 bits per heavy atom. The van der Waals surface area contributed by atoms with Gasteiger partial charge in [0.15, 0.2) is 0 Å². The van der Waals surface area contributed by atoms with E-state index in [0.29, 0.717) is 12.0 Å². The van der Waals surface area contributed by atoms with E-state index in [4.69, 9.17) is 15.6 Å². The molecule has 4 atom stereocenters. The number of nitrogens with one attached hydrogen (secondary N) is 1. The van der Waals surface area contributed by atoms with Gasteiger partial charge in [0.05, 0.1) is 6.10 Å². The molecular weight excluding hydrogens is 492 g/mol. The molecule has 3 aliphatic rings. The van der Waals surface area contributed by atoms with Crippen LogP contribution in [0.5, 0.6) is 0 Å². The van der Waals surface area contributed by atoms with Crippen LogP contribution < -0.4 is 16.0 Å². The van der Waals surface area contributed by atoms with Gasteiger partial charge < -0.3 is 30.7 Å². The summed E-state index contributed by atoms with van der Waals surface area (Å²) in [6.45, 7) is 17.7. The molecule has 2 fully saturated rings. The van der Waals surface area contributed by atoms with E-state index in [0.717, 1.165) is 64.5 Å². The number of thiol groups is 1.